The summed E-state index contributed by atoms with van der Waals surface area (Å²) in [4.78, 5) is 17.6. The molecule has 0 bridgehead atoms. The third-order valence-corrected chi connectivity index (χ3v) is 5.94. The van der Waals surface area contributed by atoms with Gasteiger partial charge < -0.3 is 10.4 Å². The quantitative estimate of drug-likeness (QED) is 0.439. The van der Waals surface area contributed by atoms with Crippen molar-refractivity contribution in [2.24, 2.45) is 0 Å². The molecule has 0 amide bonds. The summed E-state index contributed by atoms with van der Waals surface area (Å²) < 4.78 is 1.01. The van der Waals surface area contributed by atoms with Crippen LogP contribution in [0.3, 0.4) is 0 Å². The first-order valence-corrected chi connectivity index (χ1v) is 9.66. The molecule has 0 saturated carbocycles. The smallest absolute Gasteiger partial charge is 0.174 e. The van der Waals surface area contributed by atoms with E-state index in [1.165, 1.54) is 23.2 Å². The number of aromatic nitrogens is 1. The molecule has 2 heterocycles. The molecule has 0 aliphatic heterocycles. The molecule has 1 aliphatic rings. The lowest BCUT2D eigenvalue weighted by molar-refractivity contribution is 0.0986. The molecule has 0 fully saturated rings. The van der Waals surface area contributed by atoms with E-state index in [-0.39, 0.29) is 5.78 Å². The number of pyridine rings is 1. The van der Waals surface area contributed by atoms with Crippen LogP contribution in [0, 0.1) is 0 Å². The van der Waals surface area contributed by atoms with Crippen LogP contribution < -0.4 is 5.32 Å². The molecule has 4 nitrogen and oxygen atoms in total. The lowest BCUT2D eigenvalue weighted by Gasteiger charge is -2.10. The third kappa shape index (κ3) is 2.88. The van der Waals surface area contributed by atoms with Gasteiger partial charge in [-0.2, -0.15) is 0 Å². The van der Waals surface area contributed by atoms with Gasteiger partial charge in [-0.25, -0.2) is 0 Å². The number of nitrogens with zero attached hydrogens (tertiary/aromatic N) is 1. The first kappa shape index (κ1) is 16.8. The first-order chi connectivity index (χ1) is 12.7. The monoisotopic (exact) mass is 364 g/mol. The van der Waals surface area contributed by atoms with Crippen LogP contribution in [-0.2, 0) is 6.42 Å². The fourth-order valence-corrected chi connectivity index (χ4v) is 4.58. The van der Waals surface area contributed by atoms with E-state index in [0.717, 1.165) is 56.7 Å². The summed E-state index contributed by atoms with van der Waals surface area (Å²) in [7, 11) is 0. The molecule has 0 unspecified atom stereocenters. The predicted molar refractivity (Wildman–Crippen MR) is 108 cm³/mol. The maximum absolute atomic E-state index is 12.6. The van der Waals surface area contributed by atoms with E-state index in [4.69, 9.17) is 0 Å². The van der Waals surface area contributed by atoms with Crippen molar-refractivity contribution in [3.8, 4) is 0 Å². The van der Waals surface area contributed by atoms with Crippen LogP contribution in [-0.4, -0.2) is 15.9 Å². The van der Waals surface area contributed by atoms with Gasteiger partial charge in [0.1, 0.15) is 0 Å². The van der Waals surface area contributed by atoms with Crippen LogP contribution in [0.25, 0.3) is 15.7 Å². The molecule has 0 radical (unpaired) electrons. The van der Waals surface area contributed by atoms with Crippen LogP contribution >= 0.6 is 11.3 Å². The number of fused-ring (bicyclic) bond motifs is 2. The topological polar surface area (TPSA) is 62.2 Å². The van der Waals surface area contributed by atoms with Gasteiger partial charge in [-0.3, -0.25) is 9.78 Å². The summed E-state index contributed by atoms with van der Waals surface area (Å²) in [5.74, 6) is 0.169. The lowest BCUT2D eigenvalue weighted by atomic mass is 10.1. The predicted octanol–water partition coefficient (Wildman–Crippen LogP) is 5.87. The number of nitrogens with one attached hydrogen (secondary N) is 1. The highest BCUT2D eigenvalue weighted by Crippen LogP contribution is 2.39. The maximum atomic E-state index is 12.6. The molecule has 0 atom stereocenters. The lowest BCUT2D eigenvalue weighted by Crippen LogP contribution is -2.00. The van der Waals surface area contributed by atoms with E-state index in [1.54, 1.807) is 6.20 Å². The Bertz CT molecular complexity index is 1020. The Morgan fingerprint density at radius 3 is 3.04 bits per heavy atom. The third-order valence-electron chi connectivity index (χ3n) is 4.76. The van der Waals surface area contributed by atoms with E-state index in [2.05, 4.69) is 16.4 Å². The highest BCUT2D eigenvalue weighted by molar-refractivity contribution is 7.21. The van der Waals surface area contributed by atoms with Crippen molar-refractivity contribution in [1.29, 1.82) is 0 Å². The highest BCUT2D eigenvalue weighted by Gasteiger charge is 2.20. The number of aliphatic hydroxyl groups excluding tert-OH is 1. The molecule has 4 rings (SSSR count). The SMILES string of the molecule is CCCC(=O)c1sc2cnccc2c1Nc1ccc2c(c1)CC/C2=C\O. The summed E-state index contributed by atoms with van der Waals surface area (Å²) in [6.07, 6.45) is 7.95. The largest absolute Gasteiger partial charge is 0.515 e. The Balaban J connectivity index is 1.75. The second-order valence-corrected chi connectivity index (χ2v) is 7.55. The van der Waals surface area contributed by atoms with Crippen molar-refractivity contribution in [3.63, 3.8) is 0 Å². The van der Waals surface area contributed by atoms with Crippen molar-refractivity contribution in [2.75, 3.05) is 5.32 Å². The molecular formula is C21H20N2O2S. The molecule has 3 aromatic rings. The number of anilines is 2. The fraction of sp³-hybridized carbons (Fsp3) is 0.238. The molecule has 26 heavy (non-hydrogen) atoms. The van der Waals surface area contributed by atoms with Crippen LogP contribution in [0.1, 0.15) is 47.0 Å². The summed E-state index contributed by atoms with van der Waals surface area (Å²) in [5.41, 5.74) is 5.15. The zero-order chi connectivity index (χ0) is 18.1. The summed E-state index contributed by atoms with van der Waals surface area (Å²) in [6, 6.07) is 8.12. The van der Waals surface area contributed by atoms with Crippen LogP contribution in [0.2, 0.25) is 0 Å². The molecule has 0 spiro atoms. The normalized spacial score (nSPS) is 14.7. The molecule has 5 heteroatoms. The van der Waals surface area contributed by atoms with E-state index >= 15 is 0 Å². The van der Waals surface area contributed by atoms with Crippen molar-refractivity contribution in [2.45, 2.75) is 32.6 Å². The average Bonchev–Trinajstić information content (AvgIpc) is 3.23. The van der Waals surface area contributed by atoms with E-state index in [0.29, 0.717) is 6.42 Å². The Labute approximate surface area is 156 Å². The van der Waals surface area contributed by atoms with Crippen molar-refractivity contribution >= 4 is 44.2 Å². The van der Waals surface area contributed by atoms with E-state index in [1.807, 2.05) is 31.3 Å². The van der Waals surface area contributed by atoms with Gasteiger partial charge in [0, 0.05) is 29.9 Å². The van der Waals surface area contributed by atoms with Gasteiger partial charge in [-0.15, -0.1) is 11.3 Å². The number of ketones is 1. The Morgan fingerprint density at radius 2 is 2.23 bits per heavy atom. The molecule has 2 N–H and O–H groups in total. The molecule has 0 saturated heterocycles. The summed E-state index contributed by atoms with van der Waals surface area (Å²) in [6.45, 7) is 2.02. The van der Waals surface area contributed by atoms with Gasteiger partial charge in [-0.1, -0.05) is 13.0 Å². The number of aryl methyl sites for hydroxylation is 1. The molecule has 1 aromatic carbocycles. The van der Waals surface area contributed by atoms with Crippen molar-refractivity contribution in [3.05, 3.63) is 58.9 Å². The number of Topliss-reactive ketones (excluding diaryl/α,β-unsaturated/α-hetero) is 1. The number of benzene rings is 1. The molecule has 2 aromatic heterocycles. The number of thiophene rings is 1. The second-order valence-electron chi connectivity index (χ2n) is 6.50. The molecular weight excluding hydrogens is 344 g/mol. The number of hydrogen-bond donors (Lipinski definition) is 2. The standard InChI is InChI=1S/C21H20N2O2S/c1-2-3-18(25)21-20(17-8-9-22-11-19(17)26-21)23-15-6-7-16-13(10-15)4-5-14(16)12-24/h6-12,23-24H,2-5H2,1H3/b14-12+. The number of aliphatic hydroxyl groups is 1. The van der Waals surface area contributed by atoms with Crippen LogP contribution in [0.15, 0.2) is 42.9 Å². The van der Waals surface area contributed by atoms with E-state index < -0.39 is 0 Å². The van der Waals surface area contributed by atoms with Crippen molar-refractivity contribution in [1.82, 2.24) is 4.98 Å². The average molecular weight is 364 g/mol. The van der Waals surface area contributed by atoms with E-state index in [9.17, 15) is 9.90 Å². The maximum Gasteiger partial charge on any atom is 0.174 e. The van der Waals surface area contributed by atoms with Gasteiger partial charge in [0.2, 0.25) is 0 Å². The Hall–Kier alpha value is -2.66. The zero-order valence-electron chi connectivity index (χ0n) is 14.6. The van der Waals surface area contributed by atoms with Gasteiger partial charge >= 0.3 is 0 Å². The molecule has 1 aliphatic carbocycles. The Morgan fingerprint density at radius 1 is 1.35 bits per heavy atom. The van der Waals surface area contributed by atoms with Gasteiger partial charge in [0.15, 0.2) is 5.78 Å². The number of rotatable bonds is 5. The second kappa shape index (κ2) is 6.92. The zero-order valence-corrected chi connectivity index (χ0v) is 15.4. The minimum absolute atomic E-state index is 0.169. The number of allylic oxidation sites excluding steroid dienone is 1. The van der Waals surface area contributed by atoms with Gasteiger partial charge in [0.25, 0.3) is 0 Å². The van der Waals surface area contributed by atoms with Crippen LogP contribution in [0.4, 0.5) is 11.4 Å². The minimum Gasteiger partial charge on any atom is -0.515 e. The Kier molecular flexibility index (Phi) is 4.47. The number of hydrogen-bond acceptors (Lipinski definition) is 5. The summed E-state index contributed by atoms with van der Waals surface area (Å²) >= 11 is 1.50. The van der Waals surface area contributed by atoms with Crippen LogP contribution in [0.5, 0.6) is 0 Å². The number of carbonyl (C=O) groups is 1. The highest BCUT2D eigenvalue weighted by atomic mass is 32.1. The first-order valence-electron chi connectivity index (χ1n) is 8.84. The fourth-order valence-electron chi connectivity index (χ4n) is 3.49. The molecule has 132 valence electrons. The van der Waals surface area contributed by atoms with Crippen molar-refractivity contribution < 1.29 is 9.90 Å². The summed E-state index contributed by atoms with van der Waals surface area (Å²) in [5, 5.41) is 13.8. The number of carbonyl (C=O) groups excluding carboxylic acids is 1. The van der Waals surface area contributed by atoms with Gasteiger partial charge in [-0.05, 0) is 54.2 Å². The minimum atomic E-state index is 0.169. The van der Waals surface area contributed by atoms with Gasteiger partial charge in [0.05, 0.1) is 21.5 Å².